The zero-order valence-corrected chi connectivity index (χ0v) is 17.5. The largest absolute Gasteiger partial charge is 0.444 e. The van der Waals surface area contributed by atoms with Crippen molar-refractivity contribution in [3.05, 3.63) is 46.0 Å². The van der Waals surface area contributed by atoms with Crippen LogP contribution in [0.15, 0.2) is 30.3 Å². The van der Waals surface area contributed by atoms with Gasteiger partial charge in [0.15, 0.2) is 0 Å². The summed E-state index contributed by atoms with van der Waals surface area (Å²) in [7, 11) is 1.73. The second-order valence-electron chi connectivity index (χ2n) is 8.31. The smallest absolute Gasteiger partial charge is 0.410 e. The first kappa shape index (κ1) is 22.4. The second kappa shape index (κ2) is 9.54. The van der Waals surface area contributed by atoms with Crippen LogP contribution in [0.4, 0.5) is 10.5 Å². The Morgan fingerprint density at radius 2 is 1.97 bits per heavy atom. The maximum Gasteiger partial charge on any atom is 0.410 e. The molecule has 0 N–H and O–H groups in total. The number of hydrogen-bond acceptors (Lipinski definition) is 5. The van der Waals surface area contributed by atoms with Gasteiger partial charge in [0, 0.05) is 44.9 Å². The van der Waals surface area contributed by atoms with Crippen LogP contribution in [0, 0.1) is 16.0 Å². The lowest BCUT2D eigenvalue weighted by molar-refractivity contribution is -0.384. The molecule has 0 saturated carbocycles. The van der Waals surface area contributed by atoms with Crippen LogP contribution < -0.4 is 0 Å². The Balaban J connectivity index is 1.82. The number of non-ortho nitro benzene ring substituents is 1. The van der Waals surface area contributed by atoms with Gasteiger partial charge in [0.1, 0.15) is 5.60 Å². The fraction of sp³-hybridized carbons (Fsp3) is 0.524. The highest BCUT2D eigenvalue weighted by atomic mass is 16.6. The first-order valence-corrected chi connectivity index (χ1v) is 9.71. The molecular weight excluding hydrogens is 374 g/mol. The molecule has 1 heterocycles. The number of carbonyl (C=O) groups is 2. The lowest BCUT2D eigenvalue weighted by Crippen LogP contribution is -2.42. The SMILES string of the molecule is CN(CC1CCN(C(=O)/C=C/c2cccc([N+](=O)[O-])c2)CC1)C(=O)OC(C)(C)C. The van der Waals surface area contributed by atoms with Crippen molar-refractivity contribution in [2.45, 2.75) is 39.2 Å². The number of likely N-dealkylation sites (tertiary alicyclic amines) is 1. The van der Waals surface area contributed by atoms with Crippen molar-refractivity contribution in [1.82, 2.24) is 9.80 Å². The van der Waals surface area contributed by atoms with E-state index in [1.54, 1.807) is 35.1 Å². The number of benzene rings is 1. The quantitative estimate of drug-likeness (QED) is 0.424. The van der Waals surface area contributed by atoms with E-state index in [1.165, 1.54) is 18.2 Å². The number of nitro benzene ring substituents is 1. The molecule has 29 heavy (non-hydrogen) atoms. The highest BCUT2D eigenvalue weighted by molar-refractivity contribution is 5.91. The first-order chi connectivity index (χ1) is 13.5. The number of piperidine rings is 1. The molecule has 0 spiro atoms. The molecule has 0 aliphatic carbocycles. The van der Waals surface area contributed by atoms with Crippen LogP contribution in [-0.4, -0.2) is 59.0 Å². The minimum absolute atomic E-state index is 0.00507. The maximum atomic E-state index is 12.4. The van der Waals surface area contributed by atoms with E-state index in [9.17, 15) is 19.7 Å². The van der Waals surface area contributed by atoms with Crippen LogP contribution in [0.5, 0.6) is 0 Å². The zero-order valence-electron chi connectivity index (χ0n) is 17.5. The summed E-state index contributed by atoms with van der Waals surface area (Å²) in [5.74, 6) is 0.202. The average molecular weight is 403 g/mol. The predicted octanol–water partition coefficient (Wildman–Crippen LogP) is 3.71. The monoisotopic (exact) mass is 403 g/mol. The Morgan fingerprint density at radius 1 is 1.31 bits per heavy atom. The zero-order chi connectivity index (χ0) is 21.6. The highest BCUT2D eigenvalue weighted by Crippen LogP contribution is 2.20. The Morgan fingerprint density at radius 3 is 2.55 bits per heavy atom. The van der Waals surface area contributed by atoms with Crippen LogP contribution in [0.2, 0.25) is 0 Å². The maximum absolute atomic E-state index is 12.4. The summed E-state index contributed by atoms with van der Waals surface area (Å²) >= 11 is 0. The van der Waals surface area contributed by atoms with E-state index < -0.39 is 10.5 Å². The number of nitro groups is 1. The third-order valence-electron chi connectivity index (χ3n) is 4.66. The van der Waals surface area contributed by atoms with Gasteiger partial charge in [-0.25, -0.2) is 4.79 Å². The third-order valence-corrected chi connectivity index (χ3v) is 4.66. The lowest BCUT2D eigenvalue weighted by Gasteiger charge is -2.34. The fourth-order valence-electron chi connectivity index (χ4n) is 3.15. The minimum Gasteiger partial charge on any atom is -0.444 e. The van der Waals surface area contributed by atoms with E-state index in [-0.39, 0.29) is 17.7 Å². The van der Waals surface area contributed by atoms with Gasteiger partial charge in [0.2, 0.25) is 5.91 Å². The van der Waals surface area contributed by atoms with Gasteiger partial charge in [0.25, 0.3) is 5.69 Å². The van der Waals surface area contributed by atoms with E-state index in [0.29, 0.717) is 31.1 Å². The third kappa shape index (κ3) is 7.21. The molecule has 0 bridgehead atoms. The molecule has 8 nitrogen and oxygen atoms in total. The van der Waals surface area contributed by atoms with Crippen molar-refractivity contribution in [1.29, 1.82) is 0 Å². The van der Waals surface area contributed by atoms with Gasteiger partial charge >= 0.3 is 6.09 Å². The van der Waals surface area contributed by atoms with Gasteiger partial charge in [-0.2, -0.15) is 0 Å². The van der Waals surface area contributed by atoms with Crippen molar-refractivity contribution in [3.63, 3.8) is 0 Å². The van der Waals surface area contributed by atoms with Crippen LogP contribution in [0.25, 0.3) is 6.08 Å². The second-order valence-corrected chi connectivity index (χ2v) is 8.31. The summed E-state index contributed by atoms with van der Waals surface area (Å²) in [6, 6.07) is 6.16. The summed E-state index contributed by atoms with van der Waals surface area (Å²) in [6.07, 6.45) is 4.33. The average Bonchev–Trinajstić information content (AvgIpc) is 2.65. The van der Waals surface area contributed by atoms with Gasteiger partial charge < -0.3 is 14.5 Å². The molecular formula is C21H29N3O5. The summed E-state index contributed by atoms with van der Waals surface area (Å²) in [4.78, 5) is 38.2. The predicted molar refractivity (Wildman–Crippen MR) is 110 cm³/mol. The molecule has 0 unspecified atom stereocenters. The minimum atomic E-state index is -0.521. The van der Waals surface area contributed by atoms with Crippen LogP contribution in [-0.2, 0) is 9.53 Å². The Hall–Kier alpha value is -2.90. The molecule has 1 aliphatic heterocycles. The van der Waals surface area contributed by atoms with Crippen molar-refractivity contribution < 1.29 is 19.2 Å². The first-order valence-electron chi connectivity index (χ1n) is 9.71. The molecule has 0 aromatic heterocycles. The molecule has 1 aliphatic rings. The van der Waals surface area contributed by atoms with E-state index >= 15 is 0 Å². The summed E-state index contributed by atoms with van der Waals surface area (Å²) in [6.45, 7) is 7.34. The molecule has 1 fully saturated rings. The van der Waals surface area contributed by atoms with Crippen LogP contribution in [0.3, 0.4) is 0 Å². The normalized spacial score (nSPS) is 15.4. The number of ether oxygens (including phenoxy) is 1. The molecule has 1 saturated heterocycles. The van der Waals surface area contributed by atoms with E-state index in [4.69, 9.17) is 4.74 Å². The van der Waals surface area contributed by atoms with Gasteiger partial charge in [0.05, 0.1) is 4.92 Å². The summed E-state index contributed by atoms with van der Waals surface area (Å²) < 4.78 is 5.37. The molecule has 0 atom stereocenters. The topological polar surface area (TPSA) is 93.0 Å². The Kier molecular flexibility index (Phi) is 7.36. The van der Waals surface area contributed by atoms with Crippen molar-refractivity contribution in [2.24, 2.45) is 5.92 Å². The molecule has 1 aromatic rings. The number of carbonyl (C=O) groups excluding carboxylic acids is 2. The van der Waals surface area contributed by atoms with E-state index in [1.807, 2.05) is 20.8 Å². The molecule has 8 heteroatoms. The van der Waals surface area contributed by atoms with Crippen molar-refractivity contribution in [2.75, 3.05) is 26.7 Å². The van der Waals surface area contributed by atoms with E-state index in [2.05, 4.69) is 0 Å². The summed E-state index contributed by atoms with van der Waals surface area (Å²) in [5, 5.41) is 10.8. The number of amides is 2. The summed E-state index contributed by atoms with van der Waals surface area (Å²) in [5.41, 5.74) is 0.0862. The Bertz CT molecular complexity index is 777. The molecule has 158 valence electrons. The molecule has 2 rings (SSSR count). The molecule has 1 aromatic carbocycles. The van der Waals surface area contributed by atoms with Crippen molar-refractivity contribution in [3.8, 4) is 0 Å². The Labute approximate surface area is 171 Å². The van der Waals surface area contributed by atoms with Gasteiger partial charge in [-0.3, -0.25) is 14.9 Å². The van der Waals surface area contributed by atoms with Gasteiger partial charge in [-0.05, 0) is 51.2 Å². The standard InChI is InChI=1S/C21H29N3O5/c1-21(2,3)29-20(26)22(4)15-17-10-12-23(13-11-17)19(25)9-8-16-6-5-7-18(14-16)24(27)28/h5-9,14,17H,10-13,15H2,1-4H3/b9-8+. The van der Waals surface area contributed by atoms with E-state index in [0.717, 1.165) is 12.8 Å². The lowest BCUT2D eigenvalue weighted by atomic mass is 9.96. The highest BCUT2D eigenvalue weighted by Gasteiger charge is 2.26. The van der Waals surface area contributed by atoms with Gasteiger partial charge in [-0.1, -0.05) is 12.1 Å². The fourth-order valence-corrected chi connectivity index (χ4v) is 3.15. The molecule has 2 amide bonds. The van der Waals surface area contributed by atoms with Crippen LogP contribution >= 0.6 is 0 Å². The number of rotatable bonds is 5. The molecule has 0 radical (unpaired) electrons. The van der Waals surface area contributed by atoms with Gasteiger partial charge in [-0.15, -0.1) is 0 Å². The van der Waals surface area contributed by atoms with Crippen LogP contribution in [0.1, 0.15) is 39.2 Å². The number of hydrogen-bond donors (Lipinski definition) is 0. The van der Waals surface area contributed by atoms with Crippen molar-refractivity contribution >= 4 is 23.8 Å². The number of nitrogens with zero attached hydrogens (tertiary/aromatic N) is 3.